The Morgan fingerprint density at radius 3 is 2.42 bits per heavy atom. The van der Waals surface area contributed by atoms with Gasteiger partial charge in [-0.15, -0.1) is 0 Å². The van der Waals surface area contributed by atoms with Crippen LogP contribution in [0.15, 0.2) is 15.8 Å². The number of ether oxygens (including phenoxy) is 1. The van der Waals surface area contributed by atoms with Crippen molar-refractivity contribution in [2.45, 2.75) is 32.1 Å². The number of aromatic amines is 1. The fourth-order valence-corrected chi connectivity index (χ4v) is 5.94. The van der Waals surface area contributed by atoms with Crippen LogP contribution in [-0.2, 0) is 42.6 Å². The van der Waals surface area contributed by atoms with Crippen LogP contribution in [0.1, 0.15) is 13.3 Å². The molecule has 1 aromatic rings. The second-order valence-electron chi connectivity index (χ2n) is 6.45. The molecule has 1 saturated heterocycles. The molecule has 0 saturated carbocycles. The largest absolute Gasteiger partial charge is 0.490 e. The number of halogens is 1. The van der Waals surface area contributed by atoms with Gasteiger partial charge in [0, 0.05) is 7.11 Å². The molecule has 0 bridgehead atoms. The molecule has 178 valence electrons. The average molecular weight is 512 g/mol. The molecule has 2 rings (SSSR count). The molecule has 1 aliphatic heterocycles. The van der Waals surface area contributed by atoms with E-state index in [1.165, 1.54) is 0 Å². The second-order valence-corrected chi connectivity index (χ2v) is 11.2. The molecule has 6 atom stereocenters. The number of H-pyrrole nitrogens is 1. The Morgan fingerprint density at radius 1 is 1.19 bits per heavy atom. The van der Waals surface area contributed by atoms with Crippen molar-refractivity contribution >= 4 is 23.5 Å². The first-order chi connectivity index (χ1) is 14.1. The summed E-state index contributed by atoms with van der Waals surface area (Å²) >= 11 is 0. The van der Waals surface area contributed by atoms with Crippen molar-refractivity contribution in [3.63, 3.8) is 0 Å². The maximum absolute atomic E-state index is 13.4. The Balaban J connectivity index is 1.95. The SMILES string of the molecule is COP(=O)(O)OP(=O)(O)OP(=O)(O)OC[C@@H]1C[C@H](C)[C@H](Cn2cc(F)c(=O)[nH]c2=O)O1. The Hall–Kier alpha value is -1.02. The van der Waals surface area contributed by atoms with E-state index in [0.29, 0.717) is 7.11 Å². The molecule has 31 heavy (non-hydrogen) atoms. The van der Waals surface area contributed by atoms with Crippen molar-refractivity contribution in [3.05, 3.63) is 32.9 Å². The highest BCUT2D eigenvalue weighted by Gasteiger charge is 2.42. The van der Waals surface area contributed by atoms with Gasteiger partial charge in [0.15, 0.2) is 0 Å². The Bertz CT molecular complexity index is 1060. The zero-order valence-corrected chi connectivity index (χ0v) is 18.7. The van der Waals surface area contributed by atoms with E-state index in [9.17, 15) is 37.5 Å². The molecule has 0 aliphatic carbocycles. The molecule has 0 spiro atoms. The molecule has 1 aliphatic rings. The fourth-order valence-electron chi connectivity index (χ4n) is 2.66. The van der Waals surface area contributed by atoms with Gasteiger partial charge in [-0.1, -0.05) is 6.92 Å². The summed E-state index contributed by atoms with van der Waals surface area (Å²) in [5.74, 6) is -1.40. The summed E-state index contributed by atoms with van der Waals surface area (Å²) in [7, 11) is -15.1. The fraction of sp³-hybridized carbons (Fsp3) is 0.667. The lowest BCUT2D eigenvalue weighted by Gasteiger charge is -2.19. The molecular formula is C12H20FN2O13P3. The van der Waals surface area contributed by atoms with E-state index in [0.717, 1.165) is 10.8 Å². The van der Waals surface area contributed by atoms with Gasteiger partial charge in [0.2, 0.25) is 5.82 Å². The van der Waals surface area contributed by atoms with Crippen LogP contribution >= 0.6 is 23.5 Å². The van der Waals surface area contributed by atoms with E-state index in [1.807, 2.05) is 0 Å². The summed E-state index contributed by atoms with van der Waals surface area (Å²) in [4.78, 5) is 52.5. The highest BCUT2D eigenvalue weighted by atomic mass is 31.3. The third-order valence-corrected chi connectivity index (χ3v) is 8.29. The lowest BCUT2D eigenvalue weighted by Crippen LogP contribution is -2.35. The average Bonchev–Trinajstić information content (AvgIpc) is 2.96. The maximum Gasteiger partial charge on any atom is 0.490 e. The van der Waals surface area contributed by atoms with Crippen LogP contribution in [0.4, 0.5) is 4.39 Å². The lowest BCUT2D eigenvalue weighted by atomic mass is 10.0. The summed E-state index contributed by atoms with van der Waals surface area (Å²) in [6.45, 7) is 0.969. The van der Waals surface area contributed by atoms with Crippen LogP contribution in [0, 0.1) is 11.7 Å². The third-order valence-electron chi connectivity index (χ3n) is 4.05. The summed E-state index contributed by atoms with van der Waals surface area (Å²) in [5.41, 5.74) is -2.02. The van der Waals surface area contributed by atoms with E-state index in [-0.39, 0.29) is 18.9 Å². The van der Waals surface area contributed by atoms with Crippen molar-refractivity contribution in [3.8, 4) is 0 Å². The van der Waals surface area contributed by atoms with Gasteiger partial charge >= 0.3 is 29.2 Å². The maximum atomic E-state index is 13.4. The minimum absolute atomic E-state index is 0.139. The first-order valence-corrected chi connectivity index (χ1v) is 12.9. The summed E-state index contributed by atoms with van der Waals surface area (Å²) < 4.78 is 70.5. The van der Waals surface area contributed by atoms with Gasteiger partial charge in [-0.3, -0.25) is 23.4 Å². The zero-order valence-electron chi connectivity index (χ0n) is 16.0. The molecule has 0 aromatic carbocycles. The Morgan fingerprint density at radius 2 is 1.81 bits per heavy atom. The van der Waals surface area contributed by atoms with Crippen LogP contribution in [0.5, 0.6) is 0 Å². The van der Waals surface area contributed by atoms with E-state index in [2.05, 4.69) is 17.7 Å². The third kappa shape index (κ3) is 7.81. The van der Waals surface area contributed by atoms with Gasteiger partial charge < -0.3 is 19.4 Å². The predicted octanol–water partition coefficient (Wildman–Crippen LogP) is 0.467. The van der Waals surface area contributed by atoms with E-state index in [4.69, 9.17) is 9.63 Å². The van der Waals surface area contributed by atoms with Gasteiger partial charge in [0.25, 0.3) is 5.56 Å². The number of hydrogen-bond acceptors (Lipinski definition) is 10. The second kappa shape index (κ2) is 9.86. The first kappa shape index (κ1) is 26.2. The van der Waals surface area contributed by atoms with Crippen LogP contribution < -0.4 is 11.2 Å². The molecule has 1 fully saturated rings. The molecule has 0 radical (unpaired) electrons. The van der Waals surface area contributed by atoms with Gasteiger partial charge in [0.05, 0.1) is 31.6 Å². The van der Waals surface area contributed by atoms with E-state index < -0.39 is 59.3 Å². The molecular weight excluding hydrogens is 492 g/mol. The van der Waals surface area contributed by atoms with Crippen molar-refractivity contribution in [2.75, 3.05) is 13.7 Å². The normalized spacial score (nSPS) is 27.4. The molecule has 19 heteroatoms. The number of rotatable bonds is 10. The number of hydrogen-bond donors (Lipinski definition) is 4. The summed E-state index contributed by atoms with van der Waals surface area (Å²) in [5, 5.41) is 0. The lowest BCUT2D eigenvalue weighted by molar-refractivity contribution is -0.00222. The monoisotopic (exact) mass is 512 g/mol. The van der Waals surface area contributed by atoms with Crippen LogP contribution in [0.3, 0.4) is 0 Å². The van der Waals surface area contributed by atoms with E-state index >= 15 is 0 Å². The topological polar surface area (TPSA) is 213 Å². The first-order valence-electron chi connectivity index (χ1n) is 8.39. The molecule has 15 nitrogen and oxygen atoms in total. The van der Waals surface area contributed by atoms with Crippen molar-refractivity contribution in [2.24, 2.45) is 5.92 Å². The number of phosphoric ester groups is 2. The predicted molar refractivity (Wildman–Crippen MR) is 98.3 cm³/mol. The molecule has 3 unspecified atom stereocenters. The van der Waals surface area contributed by atoms with Crippen LogP contribution in [-0.4, -0.2) is 50.2 Å². The number of nitrogens with zero attached hydrogens (tertiary/aromatic N) is 1. The van der Waals surface area contributed by atoms with Crippen LogP contribution in [0.25, 0.3) is 0 Å². The van der Waals surface area contributed by atoms with Gasteiger partial charge in [-0.2, -0.15) is 13.0 Å². The summed E-state index contributed by atoms with van der Waals surface area (Å²) in [6.07, 6.45) is -0.511. The number of nitrogens with one attached hydrogen (secondary N) is 1. The molecule has 1 aromatic heterocycles. The zero-order chi connectivity index (χ0) is 23.6. The smallest absolute Gasteiger partial charge is 0.370 e. The quantitative estimate of drug-likeness (QED) is 0.314. The summed E-state index contributed by atoms with van der Waals surface area (Å²) in [6, 6.07) is 0. The minimum Gasteiger partial charge on any atom is -0.370 e. The van der Waals surface area contributed by atoms with Crippen molar-refractivity contribution in [1.29, 1.82) is 0 Å². The van der Waals surface area contributed by atoms with Crippen molar-refractivity contribution < 1.29 is 55.2 Å². The molecule has 2 heterocycles. The standard InChI is InChI=1S/C12H20FN2O13P3/c1-7-3-8(26-10(7)5-15-4-9(13)11(16)14-12(15)17)6-25-30(20,21)28-31(22,23)27-29(18,19)24-2/h4,7-8,10H,3,5-6H2,1-2H3,(H,18,19)(H,20,21)(H,22,23)(H,14,16,17)/t7-,8-,10-/m0/s1. The van der Waals surface area contributed by atoms with Gasteiger partial charge in [-0.25, -0.2) is 18.5 Å². The highest BCUT2D eigenvalue weighted by Crippen LogP contribution is 2.67. The number of phosphoric acid groups is 3. The van der Waals surface area contributed by atoms with E-state index in [1.54, 1.807) is 11.9 Å². The Kier molecular flexibility index (Phi) is 8.34. The molecule has 0 amide bonds. The minimum atomic E-state index is -5.52. The van der Waals surface area contributed by atoms with Gasteiger partial charge in [0.1, 0.15) is 0 Å². The Labute approximate surface area is 173 Å². The van der Waals surface area contributed by atoms with Crippen molar-refractivity contribution in [1.82, 2.24) is 9.55 Å². The highest BCUT2D eigenvalue weighted by molar-refractivity contribution is 7.66. The number of aromatic nitrogens is 2. The van der Waals surface area contributed by atoms with Crippen LogP contribution in [0.2, 0.25) is 0 Å². The molecule has 4 N–H and O–H groups in total. The van der Waals surface area contributed by atoms with Gasteiger partial charge in [-0.05, 0) is 12.3 Å².